The summed E-state index contributed by atoms with van der Waals surface area (Å²) in [6.45, 7) is 0. The van der Waals surface area contributed by atoms with E-state index in [0.29, 0.717) is 94.2 Å². The molecule has 0 saturated heterocycles. The zero-order valence-electron chi connectivity index (χ0n) is 32.7. The second-order valence-electron chi connectivity index (χ2n) is 14.1. The van der Waals surface area contributed by atoms with Crippen LogP contribution in [0.1, 0.15) is 33.1 Å². The number of benzene rings is 4. The second-order valence-corrected chi connectivity index (χ2v) is 17.7. The Hall–Kier alpha value is -6.52. The summed E-state index contributed by atoms with van der Waals surface area (Å²) in [5.74, 6) is -0.950. The summed E-state index contributed by atoms with van der Waals surface area (Å²) in [4.78, 5) is 36.5. The zero-order valence-corrected chi connectivity index (χ0v) is 36.1. The van der Waals surface area contributed by atoms with Gasteiger partial charge in [0.05, 0.1) is 50.2 Å². The molecule has 329 valence electrons. The number of nitrogens with zero attached hydrogens (tertiary/aromatic N) is 4. The van der Waals surface area contributed by atoms with Crippen LogP contribution in [0.5, 0.6) is 0 Å². The molecule has 4 N–H and O–H groups in total. The fourth-order valence-electron chi connectivity index (χ4n) is 7.41. The number of rotatable bonds is 10. The number of carbonyl (C=O) groups excluding carboxylic acids is 1. The van der Waals surface area contributed by atoms with Crippen molar-refractivity contribution >= 4 is 84.6 Å². The van der Waals surface area contributed by atoms with Gasteiger partial charge in [0, 0.05) is 4.90 Å². The smallest absolute Gasteiger partial charge is 0.657 e. The minimum absolute atomic E-state index is 0. The van der Waals surface area contributed by atoms with E-state index in [9.17, 15) is 30.7 Å². The maximum absolute atomic E-state index is 12.2. The molecule has 0 aliphatic carbocycles. The zero-order chi connectivity index (χ0) is 44.8. The van der Waals surface area contributed by atoms with E-state index in [1.807, 2.05) is 24.3 Å². The average molecular weight is 976 g/mol. The topological polar surface area (TPSA) is 248 Å². The summed E-state index contributed by atoms with van der Waals surface area (Å²) in [6, 6.07) is 31.7. The minimum atomic E-state index is -4.53. The molecule has 16 nitrogen and oxygen atoms in total. The fourth-order valence-corrected chi connectivity index (χ4v) is 8.73. The maximum Gasteiger partial charge on any atom is 2.00 e. The summed E-state index contributed by atoms with van der Waals surface area (Å²) >= 11 is 0.788. The molecule has 4 aromatic carbocycles. The summed E-state index contributed by atoms with van der Waals surface area (Å²) in [5.41, 5.74) is 8.15. The Labute approximate surface area is 383 Å². The van der Waals surface area contributed by atoms with E-state index in [4.69, 9.17) is 30.5 Å². The SMILES string of the molecule is O=C(OO)c1ccc(-c2c3nc(c(-c4ccc(S(=O)(=O)O)cc4)c4ccc([n-]4)c(-c4ccc(S(=O)(=O)O)cc4)c4nc(c(-c5ccc(SOOO)cc5)c5ccc2[n-]5)C=C4)C=C3)cc1.[Cu+2]. The third kappa shape index (κ3) is 9.09. The summed E-state index contributed by atoms with van der Waals surface area (Å²) < 4.78 is 72.3. The Morgan fingerprint density at radius 2 is 0.815 bits per heavy atom. The van der Waals surface area contributed by atoms with Crippen LogP contribution < -0.4 is 9.97 Å². The largest absolute Gasteiger partial charge is 2.00 e. The van der Waals surface area contributed by atoms with Gasteiger partial charge >= 0.3 is 23.0 Å². The molecule has 2 aliphatic rings. The van der Waals surface area contributed by atoms with E-state index in [0.717, 1.165) is 12.0 Å². The second kappa shape index (κ2) is 18.2. The molecule has 0 atom stereocenters. The van der Waals surface area contributed by atoms with Crippen LogP contribution in [0.15, 0.2) is 136 Å². The van der Waals surface area contributed by atoms with Crippen molar-refractivity contribution in [1.82, 2.24) is 19.9 Å². The molecule has 5 heterocycles. The van der Waals surface area contributed by atoms with Gasteiger partial charge in [-0.15, -0.1) is 26.4 Å². The molecule has 0 fully saturated rings. The van der Waals surface area contributed by atoms with Crippen LogP contribution in [0.2, 0.25) is 0 Å². The van der Waals surface area contributed by atoms with Crippen LogP contribution in [0, 0.1) is 0 Å². The molecule has 65 heavy (non-hydrogen) atoms. The van der Waals surface area contributed by atoms with Gasteiger partial charge in [-0.25, -0.2) is 20.0 Å². The van der Waals surface area contributed by atoms with E-state index >= 15 is 0 Å². The van der Waals surface area contributed by atoms with Gasteiger partial charge in [-0.3, -0.25) is 14.0 Å². The van der Waals surface area contributed by atoms with Crippen LogP contribution in [0.3, 0.4) is 0 Å². The van der Waals surface area contributed by atoms with Gasteiger partial charge in [-0.1, -0.05) is 77.8 Å². The maximum atomic E-state index is 12.2. The van der Waals surface area contributed by atoms with E-state index in [1.54, 1.807) is 60.7 Å². The van der Waals surface area contributed by atoms with Gasteiger partial charge in [0.1, 0.15) is 0 Å². The molecule has 7 aromatic rings. The van der Waals surface area contributed by atoms with Crippen molar-refractivity contribution in [3.63, 3.8) is 0 Å². The van der Waals surface area contributed by atoms with Gasteiger partial charge in [0.2, 0.25) is 0 Å². The van der Waals surface area contributed by atoms with Crippen molar-refractivity contribution in [3.8, 4) is 44.5 Å². The molecular weight excluding hydrogens is 948 g/mol. The quantitative estimate of drug-likeness (QED) is 0.0328. The Kier molecular flexibility index (Phi) is 12.6. The third-order valence-electron chi connectivity index (χ3n) is 10.3. The molecule has 2 aliphatic heterocycles. The van der Waals surface area contributed by atoms with Crippen LogP contribution >= 0.6 is 12.0 Å². The first-order valence-electron chi connectivity index (χ1n) is 18.7. The predicted molar refractivity (Wildman–Crippen MR) is 237 cm³/mol. The van der Waals surface area contributed by atoms with Gasteiger partial charge in [-0.2, -0.15) is 22.1 Å². The van der Waals surface area contributed by atoms with Crippen LogP contribution in [-0.4, -0.2) is 52.4 Å². The van der Waals surface area contributed by atoms with Gasteiger partial charge in [-0.05, 0) is 117 Å². The first kappa shape index (κ1) is 45.1. The first-order valence-corrected chi connectivity index (χ1v) is 22.3. The standard InChI is InChI=1S/C45H29N4O12S3.Cu/c50-45(59-51)29-3-1-25(2-4-29)41-33-17-19-35(46-33)42(26-5-11-30(12-6-26)62-61-60-52)36-20-22-38(48-36)44(28-9-15-32(16-10-28)64(56,57)58)40-24-23-39(49-40)43(37-21-18-34(41)47-37)27-7-13-31(14-8-27)63(53,54)55;/h1-24H,(H5-,46,47,48,49,50,51,52,53,54,55,56,57,58);/q-1;+2/p-1. The van der Waals surface area contributed by atoms with E-state index in [-0.39, 0.29) is 32.4 Å². The Morgan fingerprint density at radius 3 is 1.12 bits per heavy atom. The van der Waals surface area contributed by atoms with Crippen molar-refractivity contribution in [3.05, 3.63) is 150 Å². The monoisotopic (exact) mass is 975 g/mol. The molecular formula is C45H28CuN4O12S3. The minimum Gasteiger partial charge on any atom is -0.657 e. The van der Waals surface area contributed by atoms with E-state index < -0.39 is 26.2 Å². The van der Waals surface area contributed by atoms with Crippen LogP contribution in [0.25, 0.3) is 90.9 Å². The fraction of sp³-hybridized carbons (Fsp3) is 0. The van der Waals surface area contributed by atoms with Crippen molar-refractivity contribution in [2.75, 3.05) is 0 Å². The third-order valence-corrected chi connectivity index (χ3v) is 12.6. The Balaban J connectivity index is 0.00000576. The van der Waals surface area contributed by atoms with Crippen LogP contribution in [-0.2, 0) is 51.6 Å². The molecule has 3 aromatic heterocycles. The molecule has 0 unspecified atom stereocenters. The van der Waals surface area contributed by atoms with Gasteiger partial charge in [0.25, 0.3) is 20.2 Å². The normalized spacial score (nSPS) is 12.2. The van der Waals surface area contributed by atoms with E-state index in [1.165, 1.54) is 60.7 Å². The average Bonchev–Trinajstić information content (AvgIpc) is 4.14. The van der Waals surface area contributed by atoms with Gasteiger partial charge in [0.15, 0.2) is 0 Å². The number of carbonyl (C=O) groups is 1. The molecule has 8 bridgehead atoms. The summed E-state index contributed by atoms with van der Waals surface area (Å²) in [6.07, 6.45) is 7.14. The van der Waals surface area contributed by atoms with E-state index in [2.05, 4.69) is 14.3 Å². The van der Waals surface area contributed by atoms with Crippen molar-refractivity contribution < 1.29 is 72.6 Å². The number of hydrogen-bond donors (Lipinski definition) is 4. The molecule has 1 radical (unpaired) electrons. The molecule has 0 saturated carbocycles. The Bertz CT molecular complexity index is 3470. The Morgan fingerprint density at radius 1 is 0.492 bits per heavy atom. The van der Waals surface area contributed by atoms with Crippen LogP contribution in [0.4, 0.5) is 0 Å². The molecule has 20 heteroatoms. The van der Waals surface area contributed by atoms with Crippen molar-refractivity contribution in [1.29, 1.82) is 0 Å². The molecule has 0 spiro atoms. The number of hydrogen-bond acceptors (Lipinski definition) is 13. The van der Waals surface area contributed by atoms with Crippen molar-refractivity contribution in [2.45, 2.75) is 14.7 Å². The van der Waals surface area contributed by atoms with Crippen molar-refractivity contribution in [2.24, 2.45) is 0 Å². The summed E-state index contributed by atoms with van der Waals surface area (Å²) in [5, 5.41) is 21.5. The number of aromatic nitrogens is 4. The predicted octanol–water partition coefficient (Wildman–Crippen LogP) is 9.13. The first-order chi connectivity index (χ1) is 30.8. The summed E-state index contributed by atoms with van der Waals surface area (Å²) in [7, 11) is -9.05. The molecule has 0 amide bonds. The number of fused-ring (bicyclic) bond motifs is 8. The molecule has 9 rings (SSSR count). The van der Waals surface area contributed by atoms with Gasteiger partial charge < -0.3 is 9.97 Å².